The SMILES string of the molecule is N[C@H](CSCC[C@H]1O[C@@H](O)/C(O)=C(\O)[C@@H](CCO)O[C@H]2OC(CO)[C@@H](O[C@@H](O)/C(O)=C(\O)[C@H](CCO)O[C@H](O)/C(O)=C(\O)[C@@H](CCSC[C@@H](N)C(=O)O)O[C@H](O)/C(O)=C(\O)[C@@H](CCO)O[C@H](O)/C(O)=C(\O)[C@@H](CCO)O[C@@H](O)C(O)=C1O)C(O)C2O)C(=O)O. The number of hydrogen-bond donors (Lipinski definition) is 29. The van der Waals surface area contributed by atoms with E-state index in [2.05, 4.69) is 0 Å². The molecule has 41 heteroatoms. The molecule has 3 heterocycles. The Hall–Kier alpha value is -5.24. The molecule has 0 spiro atoms. The topological polar surface area (TPSA) is 706 Å². The highest BCUT2D eigenvalue weighted by atomic mass is 32.2. The van der Waals surface area contributed by atoms with Crippen molar-refractivity contribution in [3.05, 3.63) is 69.1 Å². The normalized spacial score (nSPS) is 36.5. The first-order valence-electron chi connectivity index (χ1n) is 26.3. The number of rotatable bonds is 21. The highest BCUT2D eigenvalue weighted by Crippen LogP contribution is 2.32. The Bertz CT molecular complexity index is 2400. The quantitative estimate of drug-likeness (QED) is 0.0477. The molecule has 0 aromatic rings. The zero-order valence-electron chi connectivity index (χ0n) is 46.7. The molecule has 1 saturated heterocycles. The van der Waals surface area contributed by atoms with Crippen molar-refractivity contribution in [3.63, 3.8) is 0 Å². The lowest BCUT2D eigenvalue weighted by Crippen LogP contribution is -2.61. The molecule has 19 atom stereocenters. The third kappa shape index (κ3) is 23.7. The van der Waals surface area contributed by atoms with Gasteiger partial charge in [-0.25, -0.2) is 0 Å². The Labute approximate surface area is 511 Å². The molecule has 0 aromatic heterocycles. The van der Waals surface area contributed by atoms with Crippen LogP contribution in [-0.2, 0) is 47.5 Å². The average Bonchev–Trinajstić information content (AvgIpc) is 1.28. The molecule has 39 nitrogen and oxygen atoms in total. The Balaban J connectivity index is 2.97. The third-order valence-electron chi connectivity index (χ3n) is 12.5. The van der Waals surface area contributed by atoms with Crippen molar-refractivity contribution in [2.45, 2.75) is 156 Å². The molecule has 89 heavy (non-hydrogen) atoms. The number of aliphatic carboxylic acids is 2. The highest BCUT2D eigenvalue weighted by molar-refractivity contribution is 7.99. The monoisotopic (exact) mass is 1340 g/mol. The van der Waals surface area contributed by atoms with E-state index in [0.717, 1.165) is 23.5 Å². The first-order valence-corrected chi connectivity index (χ1v) is 28.6. The average molecular weight is 1340 g/mol. The molecule has 3 aliphatic rings. The molecular weight excluding hydrogens is 1260 g/mol. The third-order valence-corrected chi connectivity index (χ3v) is 14.8. The lowest BCUT2D eigenvalue weighted by atomic mass is 9.98. The van der Waals surface area contributed by atoms with E-state index in [9.17, 15) is 147 Å². The fourth-order valence-electron chi connectivity index (χ4n) is 7.59. The summed E-state index contributed by atoms with van der Waals surface area (Å²) in [4.78, 5) is 22.6. The minimum atomic E-state index is -2.91. The molecule has 2 bridgehead atoms. The van der Waals surface area contributed by atoms with Crippen molar-refractivity contribution in [1.82, 2.24) is 0 Å². The summed E-state index contributed by atoms with van der Waals surface area (Å²) in [5.41, 5.74) is 11.0. The number of thioether (sulfide) groups is 2. The van der Waals surface area contributed by atoms with Crippen molar-refractivity contribution < 1.29 is 185 Å². The lowest BCUT2D eigenvalue weighted by molar-refractivity contribution is -0.329. The van der Waals surface area contributed by atoms with Gasteiger partial charge in [0.2, 0.25) is 37.7 Å². The summed E-state index contributed by atoms with van der Waals surface area (Å²) in [5.74, 6) is -23.6. The second-order valence-corrected chi connectivity index (χ2v) is 21.3. The minimum Gasteiger partial charge on any atom is -0.506 e. The van der Waals surface area contributed by atoms with Gasteiger partial charge in [-0.15, -0.1) is 0 Å². The van der Waals surface area contributed by atoms with Gasteiger partial charge in [0, 0.05) is 63.6 Å². The molecule has 3 rings (SSSR count). The van der Waals surface area contributed by atoms with E-state index in [0.29, 0.717) is 0 Å². The van der Waals surface area contributed by atoms with Crippen molar-refractivity contribution in [2.24, 2.45) is 11.5 Å². The first-order chi connectivity index (χ1) is 41.8. The lowest BCUT2D eigenvalue weighted by Gasteiger charge is -2.43. The van der Waals surface area contributed by atoms with Crippen LogP contribution in [0.4, 0.5) is 0 Å². The van der Waals surface area contributed by atoms with Gasteiger partial charge in [-0.05, 0) is 24.3 Å². The summed E-state index contributed by atoms with van der Waals surface area (Å²) < 4.78 is 42.0. The highest BCUT2D eigenvalue weighted by Gasteiger charge is 2.49. The second-order valence-electron chi connectivity index (χ2n) is 19.0. The number of carbonyl (C=O) groups is 2. The van der Waals surface area contributed by atoms with E-state index < -0.39 is 270 Å². The van der Waals surface area contributed by atoms with Crippen molar-refractivity contribution >= 4 is 35.5 Å². The van der Waals surface area contributed by atoms with Gasteiger partial charge in [0.05, 0.1) is 6.61 Å². The molecule has 516 valence electrons. The van der Waals surface area contributed by atoms with Crippen LogP contribution in [0.3, 0.4) is 0 Å². The number of nitrogens with two attached hydrogens (primary N) is 2. The number of aliphatic hydroxyl groups is 25. The van der Waals surface area contributed by atoms with Gasteiger partial charge in [0.15, 0.2) is 75.4 Å². The summed E-state index contributed by atoms with van der Waals surface area (Å²) in [6.07, 6.45) is -46.7. The molecule has 1 fully saturated rings. The van der Waals surface area contributed by atoms with Crippen LogP contribution in [0, 0.1) is 0 Å². The fraction of sp³-hybridized carbons (Fsp3) is 0.708. The van der Waals surface area contributed by atoms with E-state index in [1.165, 1.54) is 0 Å². The predicted octanol–water partition coefficient (Wildman–Crippen LogP) is -5.39. The predicted molar refractivity (Wildman–Crippen MR) is 294 cm³/mol. The number of hydrogen-bond acceptors (Lipinski definition) is 39. The van der Waals surface area contributed by atoms with Gasteiger partial charge in [0.25, 0.3) is 0 Å². The van der Waals surface area contributed by atoms with Crippen LogP contribution in [0.25, 0.3) is 0 Å². The van der Waals surface area contributed by atoms with Crippen molar-refractivity contribution in [3.8, 4) is 0 Å². The molecule has 0 aromatic carbocycles. The number of ether oxygens (including phenoxy) is 8. The van der Waals surface area contributed by atoms with Gasteiger partial charge in [0.1, 0.15) is 73.1 Å². The van der Waals surface area contributed by atoms with Gasteiger partial charge in [-0.2, -0.15) is 23.5 Å². The van der Waals surface area contributed by atoms with Gasteiger partial charge >= 0.3 is 11.9 Å². The summed E-state index contributed by atoms with van der Waals surface area (Å²) >= 11 is 1.51. The van der Waals surface area contributed by atoms with Crippen molar-refractivity contribution in [1.29, 1.82) is 0 Å². The summed E-state index contributed by atoms with van der Waals surface area (Å²) in [6.45, 7) is -5.26. The smallest absolute Gasteiger partial charge is 0.321 e. The Morgan fingerprint density at radius 1 is 0.360 bits per heavy atom. The molecule has 0 aliphatic carbocycles. The zero-order valence-corrected chi connectivity index (χ0v) is 48.3. The number of carboxylic acid groups (broad SMARTS) is 2. The Kier molecular flexibility index (Phi) is 35.2. The molecule has 0 radical (unpaired) electrons. The first kappa shape index (κ1) is 79.9. The number of fused-ring (bicyclic) bond motifs is 26. The van der Waals surface area contributed by atoms with E-state index in [-0.39, 0.29) is 23.0 Å². The molecule has 0 saturated carbocycles. The maximum Gasteiger partial charge on any atom is 0.321 e. The van der Waals surface area contributed by atoms with E-state index in [1.807, 2.05) is 0 Å². The van der Waals surface area contributed by atoms with Crippen LogP contribution >= 0.6 is 23.5 Å². The Morgan fingerprint density at radius 3 is 0.854 bits per heavy atom. The molecule has 31 N–H and O–H groups in total. The molecular formula is C48H80N2O37S2. The van der Waals surface area contributed by atoms with Crippen LogP contribution in [-0.4, -0.2) is 323 Å². The van der Waals surface area contributed by atoms with Crippen LogP contribution in [0.5, 0.6) is 0 Å². The van der Waals surface area contributed by atoms with Crippen LogP contribution in [0.2, 0.25) is 0 Å². The molecule has 0 amide bonds. The Morgan fingerprint density at radius 2 is 0.607 bits per heavy atom. The van der Waals surface area contributed by atoms with Crippen LogP contribution in [0.15, 0.2) is 69.1 Å². The summed E-state index contributed by atoms with van der Waals surface area (Å²) in [5, 5.41) is 288. The number of aliphatic hydroxyl groups excluding tert-OH is 25. The maximum atomic E-state index is 11.3. The van der Waals surface area contributed by atoms with E-state index in [4.69, 9.17) is 49.4 Å². The standard InChI is InChI=1S/C48H80N2O37S2/c49-16(40(70)71)14-88-11-5-22-29(60)36(67)44(76)82-20(3-9-53)27(58)37(68)47(79)87-39-24(13-55)86-48(38(69)31(39)62)85-21(4-10-54)28(59)34(65)46(78)84-23(6-12-89-15-17(50)41(72)73)30(61)35(66)43(75)81-18(1-7-51)25(56)32(63)42(74)80-19(2-8-52)26(57)33(64)45(77)83-22/h16-24,31,38-39,42-48,51-69,74-79H,1-15,49-50H2,(H,70,71)(H,72,73)/b32-25+,33-26+,34-28+,35-30?,36-29+,37-27+/t16-,17-,18-,19-,20+,21-,22-,23-,24?,31?,38?,39-,42+,43-,44+,45+,46-,47-,48+/m1/s1. The van der Waals surface area contributed by atoms with E-state index in [1.54, 1.807) is 0 Å². The summed E-state index contributed by atoms with van der Waals surface area (Å²) in [7, 11) is 0. The van der Waals surface area contributed by atoms with E-state index >= 15 is 0 Å². The largest absolute Gasteiger partial charge is 0.506 e. The van der Waals surface area contributed by atoms with Gasteiger partial charge in [-0.3, -0.25) is 9.59 Å². The van der Waals surface area contributed by atoms with Crippen LogP contribution < -0.4 is 11.5 Å². The molecule has 3 unspecified atom stereocenters. The van der Waals surface area contributed by atoms with Gasteiger partial charge in [-0.1, -0.05) is 0 Å². The summed E-state index contributed by atoms with van der Waals surface area (Å²) in [6, 6.07) is -2.94. The minimum absolute atomic E-state index is 0.320. The molecule has 3 aliphatic heterocycles. The fourth-order valence-corrected chi connectivity index (χ4v) is 9.47. The van der Waals surface area contributed by atoms with Crippen molar-refractivity contribution in [2.75, 3.05) is 56.0 Å². The second kappa shape index (κ2) is 39.2. The number of carboxylic acids is 2. The van der Waals surface area contributed by atoms with Gasteiger partial charge < -0.3 is 187 Å². The zero-order chi connectivity index (χ0) is 67.7. The maximum absolute atomic E-state index is 11.3. The van der Waals surface area contributed by atoms with Crippen LogP contribution in [0.1, 0.15) is 38.5 Å².